The third-order valence-electron chi connectivity index (χ3n) is 3.50. The molecule has 1 N–H and O–H groups in total. The van der Waals surface area contributed by atoms with E-state index in [-0.39, 0.29) is 5.91 Å². The maximum Gasteiger partial charge on any atom is 0.255 e. The van der Waals surface area contributed by atoms with E-state index < -0.39 is 0 Å². The largest absolute Gasteiger partial charge is 0.319 e. The molecular formula is C19H14N4O. The minimum Gasteiger partial charge on any atom is -0.319 e. The van der Waals surface area contributed by atoms with E-state index in [0.717, 1.165) is 5.56 Å². The molecule has 3 aromatic rings. The van der Waals surface area contributed by atoms with Crippen LogP contribution in [0, 0.1) is 18.3 Å². The predicted octanol–water partition coefficient (Wildman–Crippen LogP) is 3.58. The number of carbonyl (C=O) groups is 1. The molecule has 0 aliphatic carbocycles. The van der Waals surface area contributed by atoms with Gasteiger partial charge in [0.1, 0.15) is 0 Å². The quantitative estimate of drug-likeness (QED) is 0.801. The highest BCUT2D eigenvalue weighted by molar-refractivity contribution is 6.04. The Hall–Kier alpha value is -3.52. The van der Waals surface area contributed by atoms with Crippen LogP contribution in [-0.4, -0.2) is 15.9 Å². The zero-order chi connectivity index (χ0) is 16.9. The Labute approximate surface area is 139 Å². The lowest BCUT2D eigenvalue weighted by Crippen LogP contribution is -2.12. The zero-order valence-corrected chi connectivity index (χ0v) is 13.0. The molecule has 0 saturated heterocycles. The maximum atomic E-state index is 12.2. The Bertz CT molecular complexity index is 892. The van der Waals surface area contributed by atoms with E-state index in [2.05, 4.69) is 15.3 Å². The molecule has 0 aliphatic rings. The highest BCUT2D eigenvalue weighted by Crippen LogP contribution is 2.16. The van der Waals surface area contributed by atoms with E-state index in [0.29, 0.717) is 22.6 Å². The summed E-state index contributed by atoms with van der Waals surface area (Å²) < 4.78 is 0. The van der Waals surface area contributed by atoms with Crippen molar-refractivity contribution in [3.05, 3.63) is 77.6 Å². The minimum atomic E-state index is -0.272. The van der Waals surface area contributed by atoms with Gasteiger partial charge in [-0.1, -0.05) is 29.8 Å². The van der Waals surface area contributed by atoms with Crippen LogP contribution >= 0.6 is 0 Å². The highest BCUT2D eigenvalue weighted by Gasteiger charge is 2.07. The van der Waals surface area contributed by atoms with E-state index in [9.17, 15) is 4.79 Å². The lowest BCUT2D eigenvalue weighted by molar-refractivity contribution is 0.102. The third kappa shape index (κ3) is 3.45. The molecule has 0 atom stereocenters. The van der Waals surface area contributed by atoms with Gasteiger partial charge in [-0.2, -0.15) is 5.26 Å². The first kappa shape index (κ1) is 15.4. The van der Waals surface area contributed by atoms with Gasteiger partial charge in [0.25, 0.3) is 5.91 Å². The van der Waals surface area contributed by atoms with Gasteiger partial charge < -0.3 is 5.32 Å². The second-order valence-corrected chi connectivity index (χ2v) is 5.30. The summed E-state index contributed by atoms with van der Waals surface area (Å²) in [7, 11) is 0. The molecule has 0 fully saturated rings. The first-order valence-electron chi connectivity index (χ1n) is 7.36. The molecule has 1 heterocycles. The van der Waals surface area contributed by atoms with Crippen molar-refractivity contribution in [2.75, 3.05) is 5.32 Å². The first-order valence-corrected chi connectivity index (χ1v) is 7.36. The number of anilines is 1. The molecule has 5 nitrogen and oxygen atoms in total. The number of amides is 1. The number of hydrogen-bond donors (Lipinski definition) is 1. The molecule has 1 amide bonds. The lowest BCUT2D eigenvalue weighted by atomic mass is 10.1. The summed E-state index contributed by atoms with van der Waals surface area (Å²) >= 11 is 0. The Morgan fingerprint density at radius 2 is 1.62 bits per heavy atom. The Kier molecular flexibility index (Phi) is 4.30. The van der Waals surface area contributed by atoms with Gasteiger partial charge in [0.15, 0.2) is 5.82 Å². The molecule has 0 radical (unpaired) electrons. The molecule has 5 heteroatoms. The Morgan fingerprint density at radius 1 is 1.00 bits per heavy atom. The van der Waals surface area contributed by atoms with Crippen molar-refractivity contribution in [3.8, 4) is 17.5 Å². The topological polar surface area (TPSA) is 78.7 Å². The number of nitrogens with zero attached hydrogens (tertiary/aromatic N) is 3. The van der Waals surface area contributed by atoms with E-state index in [1.165, 1.54) is 5.56 Å². The number of rotatable bonds is 3. The van der Waals surface area contributed by atoms with Crippen LogP contribution < -0.4 is 5.32 Å². The molecule has 24 heavy (non-hydrogen) atoms. The summed E-state index contributed by atoms with van der Waals surface area (Å²) in [6.07, 6.45) is 3.15. The molecule has 0 spiro atoms. The fourth-order valence-electron chi connectivity index (χ4n) is 2.14. The normalized spacial score (nSPS) is 10.0. The number of benzene rings is 2. The number of hydrogen-bond acceptors (Lipinski definition) is 4. The van der Waals surface area contributed by atoms with Crippen LogP contribution in [-0.2, 0) is 0 Å². The van der Waals surface area contributed by atoms with E-state index >= 15 is 0 Å². The van der Waals surface area contributed by atoms with Crippen molar-refractivity contribution in [1.29, 1.82) is 5.26 Å². The van der Waals surface area contributed by atoms with Crippen LogP contribution in [0.5, 0.6) is 0 Å². The molecule has 0 bridgehead atoms. The summed E-state index contributed by atoms with van der Waals surface area (Å²) in [5.74, 6) is 0.331. The summed E-state index contributed by atoms with van der Waals surface area (Å²) in [6, 6.07) is 16.4. The molecule has 0 unspecified atom stereocenters. The maximum absolute atomic E-state index is 12.2. The average Bonchev–Trinajstić information content (AvgIpc) is 2.63. The van der Waals surface area contributed by atoms with Gasteiger partial charge in [0.2, 0.25) is 0 Å². The van der Waals surface area contributed by atoms with Crippen LogP contribution in [0.15, 0.2) is 60.9 Å². The van der Waals surface area contributed by atoms with Crippen LogP contribution in [0.3, 0.4) is 0 Å². The number of nitrogens with one attached hydrogen (secondary N) is 1. The monoisotopic (exact) mass is 314 g/mol. The third-order valence-corrected chi connectivity index (χ3v) is 3.50. The van der Waals surface area contributed by atoms with Crippen LogP contribution in [0.4, 0.5) is 5.69 Å². The SMILES string of the molecule is Cc1ccc(-c2ncc(NC(=O)c3ccc(C#N)cc3)cn2)cc1. The van der Waals surface area contributed by atoms with Gasteiger partial charge in [-0.15, -0.1) is 0 Å². The molecule has 2 aromatic carbocycles. The van der Waals surface area contributed by atoms with Gasteiger partial charge in [0, 0.05) is 11.1 Å². The summed E-state index contributed by atoms with van der Waals surface area (Å²) in [6.45, 7) is 2.02. The lowest BCUT2D eigenvalue weighted by Gasteiger charge is -2.06. The van der Waals surface area contributed by atoms with Gasteiger partial charge >= 0.3 is 0 Å². The molecule has 1 aromatic heterocycles. The number of aryl methyl sites for hydroxylation is 1. The predicted molar refractivity (Wildman–Crippen MR) is 91.3 cm³/mol. The molecular weight excluding hydrogens is 300 g/mol. The molecule has 0 aliphatic heterocycles. The standard InChI is InChI=1S/C19H14N4O/c1-13-2-6-15(7-3-13)18-21-11-17(12-22-18)23-19(24)16-8-4-14(10-20)5-9-16/h2-9,11-12H,1H3,(H,23,24). The van der Waals surface area contributed by atoms with Crippen molar-refractivity contribution in [3.63, 3.8) is 0 Å². The fourth-order valence-corrected chi connectivity index (χ4v) is 2.14. The zero-order valence-electron chi connectivity index (χ0n) is 13.0. The van der Waals surface area contributed by atoms with Gasteiger partial charge in [-0.05, 0) is 31.2 Å². The van der Waals surface area contributed by atoms with Crippen molar-refractivity contribution in [2.45, 2.75) is 6.92 Å². The Morgan fingerprint density at radius 3 is 2.21 bits per heavy atom. The number of nitriles is 1. The van der Waals surface area contributed by atoms with E-state index in [1.807, 2.05) is 37.3 Å². The van der Waals surface area contributed by atoms with Crippen molar-refractivity contribution in [1.82, 2.24) is 9.97 Å². The average molecular weight is 314 g/mol. The van der Waals surface area contributed by atoms with Crippen molar-refractivity contribution >= 4 is 11.6 Å². The van der Waals surface area contributed by atoms with Crippen molar-refractivity contribution in [2.24, 2.45) is 0 Å². The van der Waals surface area contributed by atoms with E-state index in [1.54, 1.807) is 36.7 Å². The van der Waals surface area contributed by atoms with Gasteiger partial charge in [0.05, 0.1) is 29.7 Å². The number of carbonyl (C=O) groups excluding carboxylic acids is 1. The minimum absolute atomic E-state index is 0.272. The second-order valence-electron chi connectivity index (χ2n) is 5.30. The first-order chi connectivity index (χ1) is 11.7. The Balaban J connectivity index is 1.72. The van der Waals surface area contributed by atoms with Crippen LogP contribution in [0.2, 0.25) is 0 Å². The van der Waals surface area contributed by atoms with Crippen LogP contribution in [0.1, 0.15) is 21.5 Å². The molecule has 116 valence electrons. The highest BCUT2D eigenvalue weighted by atomic mass is 16.1. The summed E-state index contributed by atoms with van der Waals surface area (Å²) in [5, 5.41) is 11.5. The second kappa shape index (κ2) is 6.71. The molecule has 0 saturated carbocycles. The van der Waals surface area contributed by atoms with Gasteiger partial charge in [-0.3, -0.25) is 4.79 Å². The summed E-state index contributed by atoms with van der Waals surface area (Å²) in [5.41, 5.74) is 3.59. The smallest absolute Gasteiger partial charge is 0.255 e. The molecule has 3 rings (SSSR count). The summed E-state index contributed by atoms with van der Waals surface area (Å²) in [4.78, 5) is 20.7. The fraction of sp³-hybridized carbons (Fsp3) is 0.0526. The number of aromatic nitrogens is 2. The van der Waals surface area contributed by atoms with E-state index in [4.69, 9.17) is 5.26 Å². The van der Waals surface area contributed by atoms with Crippen molar-refractivity contribution < 1.29 is 4.79 Å². The van der Waals surface area contributed by atoms with Gasteiger partial charge in [-0.25, -0.2) is 9.97 Å². The van der Waals surface area contributed by atoms with Crippen LogP contribution in [0.25, 0.3) is 11.4 Å².